The Hall–Kier alpha value is -1.40. The van der Waals surface area contributed by atoms with E-state index in [0.29, 0.717) is 0 Å². The molecule has 1 aromatic rings. The van der Waals surface area contributed by atoms with Crippen LogP contribution in [-0.2, 0) is 0 Å². The van der Waals surface area contributed by atoms with Gasteiger partial charge in [0.1, 0.15) is 5.82 Å². The lowest BCUT2D eigenvalue weighted by Gasteiger charge is -1.99. The van der Waals surface area contributed by atoms with Crippen molar-refractivity contribution < 1.29 is 9.50 Å². The zero-order valence-electron chi connectivity index (χ0n) is 5.66. The number of hydrogen-bond acceptors (Lipinski definition) is 2. The van der Waals surface area contributed by atoms with E-state index in [0.717, 1.165) is 6.07 Å². The summed E-state index contributed by atoms with van der Waals surface area (Å²) in [5.41, 5.74) is 0.285. The fraction of sp³-hybridized carbons (Fsp3) is 0.125. The first kappa shape index (κ1) is 7.70. The molecule has 0 saturated heterocycles. The summed E-state index contributed by atoms with van der Waals surface area (Å²) >= 11 is 0. The van der Waals surface area contributed by atoms with Gasteiger partial charge in [0.2, 0.25) is 0 Å². The van der Waals surface area contributed by atoms with Crippen molar-refractivity contribution in [3.05, 3.63) is 35.6 Å². The monoisotopic (exact) mass is 151 g/mol. The molecule has 0 fully saturated rings. The molecule has 56 valence electrons. The van der Waals surface area contributed by atoms with Crippen LogP contribution in [0.25, 0.3) is 0 Å². The quantitative estimate of drug-likeness (QED) is 0.616. The lowest BCUT2D eigenvalue weighted by molar-refractivity contribution is 0.235. The van der Waals surface area contributed by atoms with Gasteiger partial charge in [0.05, 0.1) is 6.07 Å². The molecular formula is C8H6FNO. The predicted octanol–water partition coefficient (Wildman–Crippen LogP) is 1.38. The molecule has 1 N–H and O–H groups in total. The van der Waals surface area contributed by atoms with Crippen molar-refractivity contribution in [2.75, 3.05) is 0 Å². The fourth-order valence-corrected chi connectivity index (χ4v) is 0.751. The van der Waals surface area contributed by atoms with E-state index in [9.17, 15) is 4.39 Å². The Labute approximate surface area is 63.5 Å². The molecule has 1 aromatic carbocycles. The van der Waals surface area contributed by atoms with Crippen LogP contribution in [0.15, 0.2) is 24.3 Å². The van der Waals surface area contributed by atoms with Crippen molar-refractivity contribution in [3.63, 3.8) is 0 Å². The van der Waals surface area contributed by atoms with Crippen molar-refractivity contribution in [1.82, 2.24) is 0 Å². The maximum atomic E-state index is 12.4. The first-order chi connectivity index (χ1) is 5.24. The number of benzene rings is 1. The lowest BCUT2D eigenvalue weighted by Crippen LogP contribution is -1.92. The first-order valence-electron chi connectivity index (χ1n) is 3.07. The number of aliphatic hydroxyl groups excluding tert-OH is 1. The van der Waals surface area contributed by atoms with Crippen molar-refractivity contribution in [3.8, 4) is 6.07 Å². The normalized spacial score (nSPS) is 12.1. The van der Waals surface area contributed by atoms with Gasteiger partial charge in [-0.3, -0.25) is 0 Å². The van der Waals surface area contributed by atoms with Crippen LogP contribution in [0.2, 0.25) is 0 Å². The second-order valence-electron chi connectivity index (χ2n) is 2.09. The van der Waals surface area contributed by atoms with Crippen molar-refractivity contribution in [2.24, 2.45) is 0 Å². The molecule has 0 aliphatic carbocycles. The molecule has 0 radical (unpaired) electrons. The highest BCUT2D eigenvalue weighted by molar-refractivity contribution is 5.22. The van der Waals surface area contributed by atoms with Gasteiger partial charge in [0.15, 0.2) is 6.10 Å². The molecule has 0 spiro atoms. The smallest absolute Gasteiger partial charge is 0.166 e. The summed E-state index contributed by atoms with van der Waals surface area (Å²) in [5, 5.41) is 17.2. The molecule has 0 saturated carbocycles. The first-order valence-corrected chi connectivity index (χ1v) is 3.07. The molecule has 2 nitrogen and oxygen atoms in total. The molecule has 0 aromatic heterocycles. The summed E-state index contributed by atoms with van der Waals surface area (Å²) < 4.78 is 12.4. The van der Waals surface area contributed by atoms with Crippen molar-refractivity contribution in [2.45, 2.75) is 6.10 Å². The molecule has 0 bridgehead atoms. The summed E-state index contributed by atoms with van der Waals surface area (Å²) in [6.07, 6.45) is -1.23. The molecule has 1 rings (SSSR count). The highest BCUT2D eigenvalue weighted by atomic mass is 19.1. The number of nitrogens with zero attached hydrogens (tertiary/aromatic N) is 1. The molecule has 0 amide bonds. The summed E-state index contributed by atoms with van der Waals surface area (Å²) in [4.78, 5) is 0. The largest absolute Gasteiger partial charge is 0.374 e. The van der Waals surface area contributed by atoms with Gasteiger partial charge >= 0.3 is 0 Å². The van der Waals surface area contributed by atoms with Crippen LogP contribution in [0.5, 0.6) is 0 Å². The van der Waals surface area contributed by atoms with Crippen LogP contribution >= 0.6 is 0 Å². The Bertz CT molecular complexity index is 292. The minimum atomic E-state index is -1.23. The van der Waals surface area contributed by atoms with Crippen molar-refractivity contribution >= 4 is 0 Å². The van der Waals surface area contributed by atoms with E-state index in [1.807, 2.05) is 0 Å². The molecule has 0 heterocycles. The van der Waals surface area contributed by atoms with Gasteiger partial charge < -0.3 is 5.11 Å². The molecule has 0 aliphatic heterocycles. The van der Waals surface area contributed by atoms with Gasteiger partial charge in [0.25, 0.3) is 0 Å². The Morgan fingerprint density at radius 2 is 2.27 bits per heavy atom. The van der Waals surface area contributed by atoms with E-state index in [-0.39, 0.29) is 5.56 Å². The molecular weight excluding hydrogens is 145 g/mol. The number of nitriles is 1. The SMILES string of the molecule is N#CC(O)c1cccc(F)c1. The topological polar surface area (TPSA) is 44.0 Å². The van der Waals surface area contributed by atoms with Gasteiger partial charge in [0, 0.05) is 0 Å². The fourth-order valence-electron chi connectivity index (χ4n) is 0.751. The Morgan fingerprint density at radius 1 is 1.55 bits per heavy atom. The average molecular weight is 151 g/mol. The second kappa shape index (κ2) is 3.13. The minimum Gasteiger partial charge on any atom is -0.374 e. The van der Waals surface area contributed by atoms with Crippen LogP contribution in [0, 0.1) is 17.1 Å². The Balaban J connectivity index is 2.98. The highest BCUT2D eigenvalue weighted by Crippen LogP contribution is 2.12. The standard InChI is InChI=1S/C8H6FNO/c9-7-3-1-2-6(4-7)8(11)5-10/h1-4,8,11H. The maximum absolute atomic E-state index is 12.4. The van der Waals surface area contributed by atoms with E-state index >= 15 is 0 Å². The Morgan fingerprint density at radius 3 is 2.82 bits per heavy atom. The van der Waals surface area contributed by atoms with Gasteiger partial charge in [-0.15, -0.1) is 0 Å². The summed E-state index contributed by atoms with van der Waals surface area (Å²) in [6.45, 7) is 0. The summed E-state index contributed by atoms with van der Waals surface area (Å²) in [5.74, 6) is -0.447. The van der Waals surface area contributed by atoms with Crippen LogP contribution in [0.3, 0.4) is 0 Å². The van der Waals surface area contributed by atoms with E-state index in [2.05, 4.69) is 0 Å². The summed E-state index contributed by atoms with van der Waals surface area (Å²) in [6, 6.07) is 6.93. The number of hydrogen-bond donors (Lipinski definition) is 1. The molecule has 1 unspecified atom stereocenters. The molecule has 0 aliphatic rings. The van der Waals surface area contributed by atoms with E-state index in [4.69, 9.17) is 10.4 Å². The summed E-state index contributed by atoms with van der Waals surface area (Å²) in [7, 11) is 0. The van der Waals surface area contributed by atoms with Crippen LogP contribution in [-0.4, -0.2) is 5.11 Å². The third kappa shape index (κ3) is 1.76. The third-order valence-electron chi connectivity index (χ3n) is 1.29. The zero-order valence-corrected chi connectivity index (χ0v) is 5.66. The third-order valence-corrected chi connectivity index (χ3v) is 1.29. The van der Waals surface area contributed by atoms with Gasteiger partial charge in [-0.25, -0.2) is 4.39 Å². The van der Waals surface area contributed by atoms with Crippen molar-refractivity contribution in [1.29, 1.82) is 5.26 Å². The van der Waals surface area contributed by atoms with E-state index in [1.165, 1.54) is 18.2 Å². The molecule has 3 heteroatoms. The molecule has 11 heavy (non-hydrogen) atoms. The van der Waals surface area contributed by atoms with Crippen LogP contribution in [0.4, 0.5) is 4.39 Å². The van der Waals surface area contributed by atoms with Crippen LogP contribution < -0.4 is 0 Å². The average Bonchev–Trinajstić information content (AvgIpc) is 2.03. The Kier molecular flexibility index (Phi) is 2.19. The van der Waals surface area contributed by atoms with Crippen LogP contribution in [0.1, 0.15) is 11.7 Å². The highest BCUT2D eigenvalue weighted by Gasteiger charge is 2.04. The molecule has 1 atom stereocenters. The van der Waals surface area contributed by atoms with Gasteiger partial charge in [-0.05, 0) is 17.7 Å². The van der Waals surface area contributed by atoms with Gasteiger partial charge in [-0.2, -0.15) is 5.26 Å². The number of aliphatic hydroxyl groups is 1. The minimum absolute atomic E-state index is 0.285. The number of halogens is 1. The van der Waals surface area contributed by atoms with E-state index < -0.39 is 11.9 Å². The number of rotatable bonds is 1. The lowest BCUT2D eigenvalue weighted by atomic mass is 10.1. The second-order valence-corrected chi connectivity index (χ2v) is 2.09. The van der Waals surface area contributed by atoms with Gasteiger partial charge in [-0.1, -0.05) is 12.1 Å². The maximum Gasteiger partial charge on any atom is 0.166 e. The predicted molar refractivity (Wildman–Crippen MR) is 37.0 cm³/mol. The zero-order chi connectivity index (χ0) is 8.27. The van der Waals surface area contributed by atoms with E-state index in [1.54, 1.807) is 6.07 Å².